The molecule has 0 saturated carbocycles. The maximum atomic E-state index is 13.4. The summed E-state index contributed by atoms with van der Waals surface area (Å²) in [6, 6.07) is 16.8. The first-order chi connectivity index (χ1) is 13.6. The van der Waals surface area contributed by atoms with Crippen LogP contribution >= 0.6 is 22.9 Å². The van der Waals surface area contributed by atoms with Gasteiger partial charge in [-0.25, -0.2) is 9.36 Å². The van der Waals surface area contributed by atoms with Crippen molar-refractivity contribution in [1.29, 1.82) is 0 Å². The molecule has 0 spiro atoms. The van der Waals surface area contributed by atoms with Gasteiger partial charge in [0.25, 0.3) is 5.56 Å². The summed E-state index contributed by atoms with van der Waals surface area (Å²) >= 11 is 7.73. The van der Waals surface area contributed by atoms with Crippen molar-refractivity contribution in [3.63, 3.8) is 0 Å². The van der Waals surface area contributed by atoms with Crippen LogP contribution < -0.4 is 11.2 Å². The van der Waals surface area contributed by atoms with Gasteiger partial charge in [-0.15, -0.1) is 11.3 Å². The quantitative estimate of drug-likeness (QED) is 0.504. The average Bonchev–Trinajstić information content (AvgIpc) is 3.27. The third-order valence-corrected chi connectivity index (χ3v) is 6.79. The Bertz CT molecular complexity index is 1320. The average molecular weight is 409 g/mol. The van der Waals surface area contributed by atoms with Crippen molar-refractivity contribution in [1.82, 2.24) is 9.13 Å². The molecule has 5 rings (SSSR count). The summed E-state index contributed by atoms with van der Waals surface area (Å²) in [6.45, 7) is 0.427. The van der Waals surface area contributed by atoms with Crippen LogP contribution in [0.5, 0.6) is 0 Å². The number of benzene rings is 2. The lowest BCUT2D eigenvalue weighted by molar-refractivity contribution is 0.718. The van der Waals surface area contributed by atoms with E-state index in [9.17, 15) is 9.59 Å². The van der Waals surface area contributed by atoms with E-state index in [4.69, 9.17) is 11.6 Å². The third-order valence-electron chi connectivity index (χ3n) is 5.24. The Kier molecular flexibility index (Phi) is 4.22. The van der Waals surface area contributed by atoms with Crippen molar-refractivity contribution in [2.75, 3.05) is 0 Å². The Morgan fingerprint density at radius 3 is 2.61 bits per heavy atom. The maximum absolute atomic E-state index is 13.4. The van der Waals surface area contributed by atoms with Gasteiger partial charge in [-0.1, -0.05) is 48.0 Å². The first-order valence-electron chi connectivity index (χ1n) is 9.23. The van der Waals surface area contributed by atoms with Gasteiger partial charge in [0.15, 0.2) is 0 Å². The SMILES string of the molecule is O=c1c2c3c(sc2n(Cc2ccccc2)c(=O)n1-c1cccc(Cl)c1)CCC3. The largest absolute Gasteiger partial charge is 0.337 e. The van der Waals surface area contributed by atoms with E-state index >= 15 is 0 Å². The number of nitrogens with zero attached hydrogens (tertiary/aromatic N) is 2. The minimum absolute atomic E-state index is 0.244. The fourth-order valence-electron chi connectivity index (χ4n) is 3.96. The Morgan fingerprint density at radius 1 is 1.00 bits per heavy atom. The van der Waals surface area contributed by atoms with Crippen molar-refractivity contribution < 1.29 is 0 Å². The molecular formula is C22H17ClN2O2S. The molecule has 0 N–H and O–H groups in total. The van der Waals surface area contributed by atoms with Gasteiger partial charge in [0.2, 0.25) is 0 Å². The summed E-state index contributed by atoms with van der Waals surface area (Å²) in [5, 5.41) is 1.18. The van der Waals surface area contributed by atoms with E-state index < -0.39 is 0 Å². The fraction of sp³-hybridized carbons (Fsp3) is 0.182. The van der Waals surface area contributed by atoms with E-state index in [1.165, 1.54) is 9.44 Å². The molecule has 0 unspecified atom stereocenters. The Morgan fingerprint density at radius 2 is 1.82 bits per heavy atom. The Labute approximate surface area is 170 Å². The number of rotatable bonds is 3. The van der Waals surface area contributed by atoms with Gasteiger partial charge >= 0.3 is 5.69 Å². The number of hydrogen-bond donors (Lipinski definition) is 0. The van der Waals surface area contributed by atoms with Crippen molar-refractivity contribution in [3.8, 4) is 5.69 Å². The van der Waals surface area contributed by atoms with Crippen LogP contribution in [0.4, 0.5) is 0 Å². The minimum atomic E-state index is -0.330. The number of aryl methyl sites for hydroxylation is 2. The molecule has 0 atom stereocenters. The molecule has 140 valence electrons. The first-order valence-corrected chi connectivity index (χ1v) is 10.4. The predicted molar refractivity (Wildman–Crippen MR) is 114 cm³/mol. The van der Waals surface area contributed by atoms with Crippen LogP contribution in [0.15, 0.2) is 64.2 Å². The summed E-state index contributed by atoms with van der Waals surface area (Å²) in [4.78, 5) is 28.8. The lowest BCUT2D eigenvalue weighted by Gasteiger charge is -2.13. The highest BCUT2D eigenvalue weighted by atomic mass is 35.5. The zero-order valence-corrected chi connectivity index (χ0v) is 16.6. The lowest BCUT2D eigenvalue weighted by Crippen LogP contribution is -2.39. The van der Waals surface area contributed by atoms with Crippen LogP contribution in [0.1, 0.15) is 22.4 Å². The van der Waals surface area contributed by atoms with Crippen LogP contribution in [-0.4, -0.2) is 9.13 Å². The molecule has 0 bridgehead atoms. The fourth-order valence-corrected chi connectivity index (χ4v) is 5.51. The molecule has 4 nitrogen and oxygen atoms in total. The van der Waals surface area contributed by atoms with E-state index in [0.717, 1.165) is 35.2 Å². The van der Waals surface area contributed by atoms with Crippen molar-refractivity contribution in [2.45, 2.75) is 25.8 Å². The van der Waals surface area contributed by atoms with Gasteiger partial charge in [0, 0.05) is 9.90 Å². The van der Waals surface area contributed by atoms with Crippen LogP contribution in [0.3, 0.4) is 0 Å². The lowest BCUT2D eigenvalue weighted by atomic mass is 10.2. The number of aromatic nitrogens is 2. The monoisotopic (exact) mass is 408 g/mol. The number of fused-ring (bicyclic) bond motifs is 3. The maximum Gasteiger partial charge on any atom is 0.337 e. The third kappa shape index (κ3) is 2.74. The van der Waals surface area contributed by atoms with E-state index in [2.05, 4.69) is 0 Å². The summed E-state index contributed by atoms with van der Waals surface area (Å²) in [7, 11) is 0. The standard InChI is InChI=1S/C22H17ClN2O2S/c23-15-8-4-9-16(12-15)25-20(26)19-17-10-5-11-18(17)28-21(19)24(22(25)27)13-14-6-2-1-3-7-14/h1-4,6-9,12H,5,10-11,13H2. The van der Waals surface area contributed by atoms with Crippen molar-refractivity contribution in [3.05, 3.63) is 96.5 Å². The molecule has 2 aromatic carbocycles. The summed E-state index contributed by atoms with van der Waals surface area (Å²) < 4.78 is 3.00. The molecule has 28 heavy (non-hydrogen) atoms. The first kappa shape index (κ1) is 17.5. The Balaban J connectivity index is 1.85. The predicted octanol–water partition coefficient (Wildman–Crippen LogP) is 4.40. The van der Waals surface area contributed by atoms with Gasteiger partial charge in [0.05, 0.1) is 17.6 Å². The minimum Gasteiger partial charge on any atom is -0.280 e. The van der Waals surface area contributed by atoms with Crippen molar-refractivity contribution >= 4 is 33.2 Å². The summed E-state index contributed by atoms with van der Waals surface area (Å²) in [5.41, 5.74) is 2.07. The number of hydrogen-bond acceptors (Lipinski definition) is 3. The highest BCUT2D eigenvalue weighted by Gasteiger charge is 2.25. The zero-order valence-electron chi connectivity index (χ0n) is 15.0. The van der Waals surface area contributed by atoms with Gasteiger partial charge in [-0.2, -0.15) is 0 Å². The molecule has 4 aromatic rings. The second-order valence-corrected chi connectivity index (χ2v) is 8.53. The van der Waals surface area contributed by atoms with Gasteiger partial charge in [-0.05, 0) is 48.6 Å². The number of thiophene rings is 1. The molecular weight excluding hydrogens is 392 g/mol. The molecule has 0 amide bonds. The second kappa shape index (κ2) is 6.76. The highest BCUT2D eigenvalue weighted by Crippen LogP contribution is 2.35. The Hall–Kier alpha value is -2.63. The second-order valence-electron chi connectivity index (χ2n) is 7.01. The van der Waals surface area contributed by atoms with Gasteiger partial charge in [-0.3, -0.25) is 9.36 Å². The smallest absolute Gasteiger partial charge is 0.280 e. The van der Waals surface area contributed by atoms with Crippen LogP contribution in [0.25, 0.3) is 15.9 Å². The van der Waals surface area contributed by atoms with E-state index in [1.54, 1.807) is 40.2 Å². The van der Waals surface area contributed by atoms with Crippen LogP contribution in [-0.2, 0) is 19.4 Å². The number of halogens is 1. The topological polar surface area (TPSA) is 44.0 Å². The summed E-state index contributed by atoms with van der Waals surface area (Å²) in [5.74, 6) is 0. The molecule has 1 aliphatic rings. The zero-order chi connectivity index (χ0) is 19.3. The molecule has 0 radical (unpaired) electrons. The van der Waals surface area contributed by atoms with Gasteiger partial charge in [0.1, 0.15) is 4.83 Å². The molecule has 2 heterocycles. The van der Waals surface area contributed by atoms with E-state index in [-0.39, 0.29) is 11.2 Å². The molecule has 0 aliphatic heterocycles. The molecule has 6 heteroatoms. The van der Waals surface area contributed by atoms with Crippen molar-refractivity contribution in [2.24, 2.45) is 0 Å². The highest BCUT2D eigenvalue weighted by molar-refractivity contribution is 7.18. The van der Waals surface area contributed by atoms with E-state index in [0.29, 0.717) is 22.6 Å². The molecule has 0 saturated heterocycles. The normalized spacial score (nSPS) is 13.2. The van der Waals surface area contributed by atoms with E-state index in [1.807, 2.05) is 30.3 Å². The van der Waals surface area contributed by atoms with Crippen LogP contribution in [0, 0.1) is 0 Å². The van der Waals surface area contributed by atoms with Crippen LogP contribution in [0.2, 0.25) is 5.02 Å². The summed E-state index contributed by atoms with van der Waals surface area (Å²) in [6.07, 6.45) is 2.93. The molecule has 1 aliphatic carbocycles. The van der Waals surface area contributed by atoms with Gasteiger partial charge < -0.3 is 0 Å². The molecule has 0 fully saturated rings. The molecule has 2 aromatic heterocycles.